The molecule has 0 aromatic heterocycles. The van der Waals surface area contributed by atoms with Crippen molar-refractivity contribution in [3.63, 3.8) is 0 Å². The van der Waals surface area contributed by atoms with Gasteiger partial charge in [0.05, 0.1) is 31.3 Å². The third-order valence-electron chi connectivity index (χ3n) is 8.80. The van der Waals surface area contributed by atoms with E-state index in [9.17, 15) is 19.5 Å². The molecule has 37 heavy (non-hydrogen) atoms. The summed E-state index contributed by atoms with van der Waals surface area (Å²) in [5.41, 5.74) is -0.585. The molecule has 6 rings (SSSR count). The second-order valence-corrected chi connectivity index (χ2v) is 10.8. The van der Waals surface area contributed by atoms with E-state index in [2.05, 4.69) is 0 Å². The van der Waals surface area contributed by atoms with Gasteiger partial charge in [-0.05, 0) is 24.8 Å². The molecule has 1 aromatic rings. The van der Waals surface area contributed by atoms with Crippen LogP contribution >= 0.6 is 0 Å². The predicted octanol–water partition coefficient (Wildman–Crippen LogP) is 2.54. The van der Waals surface area contributed by atoms with Crippen LogP contribution < -0.4 is 0 Å². The average Bonchev–Trinajstić information content (AvgIpc) is 3.29. The van der Waals surface area contributed by atoms with Crippen LogP contribution in [0.3, 0.4) is 0 Å². The lowest BCUT2D eigenvalue weighted by Crippen LogP contribution is -2.58. The number of nitrogens with zero attached hydrogens (tertiary/aromatic N) is 2. The minimum Gasteiger partial charge on any atom is -0.465 e. The number of hydrogen-bond acceptors (Lipinski definition) is 6. The number of carbonyl (C=O) groups excluding carboxylic acids is 3. The summed E-state index contributed by atoms with van der Waals surface area (Å²) in [5.74, 6) is -2.77. The molecule has 0 bridgehead atoms. The highest BCUT2D eigenvalue weighted by atomic mass is 16.6. The number of benzene rings is 1. The maximum atomic E-state index is 14.5. The molecule has 5 aliphatic rings. The summed E-state index contributed by atoms with van der Waals surface area (Å²) in [7, 11) is 0. The summed E-state index contributed by atoms with van der Waals surface area (Å²) in [6.07, 6.45) is 12.6. The number of cyclic esters (lactones) is 1. The second-order valence-electron chi connectivity index (χ2n) is 10.8. The first-order chi connectivity index (χ1) is 18.1. The maximum Gasteiger partial charge on any atom is 0.312 e. The fourth-order valence-electron chi connectivity index (χ4n) is 7.15. The molecule has 3 fully saturated rings. The Labute approximate surface area is 216 Å². The number of likely N-dealkylation sites (tertiary alicyclic amines) is 1. The molecule has 8 heteroatoms. The smallest absolute Gasteiger partial charge is 0.312 e. The van der Waals surface area contributed by atoms with Gasteiger partial charge in [0.2, 0.25) is 11.8 Å². The number of carbonyl (C=O) groups is 3. The summed E-state index contributed by atoms with van der Waals surface area (Å²) < 4.78 is 12.1. The lowest BCUT2D eigenvalue weighted by Gasteiger charge is -2.41. The third kappa shape index (κ3) is 3.84. The highest BCUT2D eigenvalue weighted by Gasteiger charge is 2.72. The largest absolute Gasteiger partial charge is 0.465 e. The van der Waals surface area contributed by atoms with Gasteiger partial charge in [-0.25, -0.2) is 0 Å². The molecule has 8 nitrogen and oxygen atoms in total. The van der Waals surface area contributed by atoms with Gasteiger partial charge in [0.1, 0.15) is 17.6 Å². The first kappa shape index (κ1) is 24.4. The van der Waals surface area contributed by atoms with Crippen molar-refractivity contribution >= 4 is 17.8 Å². The Morgan fingerprint density at radius 2 is 1.81 bits per heavy atom. The fourth-order valence-corrected chi connectivity index (χ4v) is 7.15. The van der Waals surface area contributed by atoms with E-state index in [1.165, 1.54) is 4.90 Å². The van der Waals surface area contributed by atoms with Gasteiger partial charge in [-0.15, -0.1) is 0 Å². The first-order valence-corrected chi connectivity index (χ1v) is 13.5. The molecule has 1 aromatic carbocycles. The molecule has 4 heterocycles. The number of aliphatic hydroxyl groups is 1. The van der Waals surface area contributed by atoms with E-state index in [4.69, 9.17) is 9.47 Å². The molecule has 2 saturated heterocycles. The van der Waals surface area contributed by atoms with Crippen molar-refractivity contribution in [3.8, 4) is 0 Å². The molecule has 4 aliphatic heterocycles. The zero-order valence-corrected chi connectivity index (χ0v) is 20.9. The van der Waals surface area contributed by atoms with E-state index in [1.807, 2.05) is 59.5 Å². The Morgan fingerprint density at radius 3 is 2.57 bits per heavy atom. The van der Waals surface area contributed by atoms with Crippen LogP contribution in [0.25, 0.3) is 0 Å². The van der Waals surface area contributed by atoms with Crippen molar-refractivity contribution in [1.82, 2.24) is 9.80 Å². The van der Waals surface area contributed by atoms with Gasteiger partial charge >= 0.3 is 5.97 Å². The molecular weight excluding hydrogens is 472 g/mol. The van der Waals surface area contributed by atoms with Crippen molar-refractivity contribution in [2.45, 2.75) is 68.4 Å². The number of amides is 2. The van der Waals surface area contributed by atoms with Crippen LogP contribution in [0.15, 0.2) is 54.6 Å². The van der Waals surface area contributed by atoms with Crippen molar-refractivity contribution in [2.24, 2.45) is 11.8 Å². The van der Waals surface area contributed by atoms with Gasteiger partial charge in [-0.3, -0.25) is 14.4 Å². The quantitative estimate of drug-likeness (QED) is 0.498. The van der Waals surface area contributed by atoms with Crippen LogP contribution in [0.5, 0.6) is 0 Å². The summed E-state index contributed by atoms with van der Waals surface area (Å²) in [5, 5.41) is 10.6. The number of rotatable bonds is 4. The van der Waals surface area contributed by atoms with E-state index >= 15 is 0 Å². The second kappa shape index (κ2) is 9.72. The van der Waals surface area contributed by atoms with E-state index in [0.717, 1.165) is 37.7 Å². The van der Waals surface area contributed by atoms with Crippen LogP contribution in [-0.4, -0.2) is 76.2 Å². The maximum absolute atomic E-state index is 14.5. The Kier molecular flexibility index (Phi) is 6.41. The summed E-state index contributed by atoms with van der Waals surface area (Å²) in [6.45, 7) is 0.325. The molecule has 1 saturated carbocycles. The minimum absolute atomic E-state index is 0.0984. The number of hydrogen-bond donors (Lipinski definition) is 1. The monoisotopic (exact) mass is 506 g/mol. The Hall–Kier alpha value is -2.97. The lowest BCUT2D eigenvalue weighted by atomic mass is 9.77. The van der Waals surface area contributed by atoms with Crippen LogP contribution in [0, 0.1) is 11.8 Å². The molecule has 0 radical (unpaired) electrons. The molecule has 6 atom stereocenters. The summed E-state index contributed by atoms with van der Waals surface area (Å²) in [6, 6.07) is 7.63. The molecular formula is C29H34N2O6. The Bertz CT molecular complexity index is 1110. The van der Waals surface area contributed by atoms with Crippen LogP contribution in [0.1, 0.15) is 50.1 Å². The zero-order chi connectivity index (χ0) is 25.6. The van der Waals surface area contributed by atoms with Crippen molar-refractivity contribution in [2.75, 3.05) is 19.8 Å². The Morgan fingerprint density at radius 1 is 1.03 bits per heavy atom. The van der Waals surface area contributed by atoms with E-state index in [-0.39, 0.29) is 31.1 Å². The molecule has 1 spiro atoms. The van der Waals surface area contributed by atoms with Crippen LogP contribution in [0.2, 0.25) is 0 Å². The van der Waals surface area contributed by atoms with Gasteiger partial charge in [-0.2, -0.15) is 0 Å². The molecule has 196 valence electrons. The normalized spacial score (nSPS) is 34.8. The number of ether oxygens (including phenoxy) is 2. The first-order valence-electron chi connectivity index (χ1n) is 13.5. The van der Waals surface area contributed by atoms with Gasteiger partial charge in [0.25, 0.3) is 0 Å². The van der Waals surface area contributed by atoms with Crippen molar-refractivity contribution < 1.29 is 29.0 Å². The zero-order valence-electron chi connectivity index (χ0n) is 20.9. The molecule has 1 unspecified atom stereocenters. The highest BCUT2D eigenvalue weighted by molar-refractivity contribution is 5.99. The molecule has 1 N–H and O–H groups in total. The predicted molar refractivity (Wildman–Crippen MR) is 134 cm³/mol. The number of aliphatic hydroxyl groups excluding tert-OH is 1. The van der Waals surface area contributed by atoms with E-state index < -0.39 is 41.6 Å². The van der Waals surface area contributed by atoms with Gasteiger partial charge in [0, 0.05) is 12.6 Å². The van der Waals surface area contributed by atoms with Gasteiger partial charge in [0.15, 0.2) is 0 Å². The van der Waals surface area contributed by atoms with Crippen molar-refractivity contribution in [3.05, 3.63) is 60.2 Å². The van der Waals surface area contributed by atoms with E-state index in [1.54, 1.807) is 0 Å². The minimum atomic E-state index is -1.32. The van der Waals surface area contributed by atoms with Crippen LogP contribution in [-0.2, 0) is 23.9 Å². The van der Waals surface area contributed by atoms with Gasteiger partial charge < -0.3 is 24.4 Å². The lowest BCUT2D eigenvalue weighted by molar-refractivity contribution is -0.157. The third-order valence-corrected chi connectivity index (χ3v) is 8.80. The van der Waals surface area contributed by atoms with E-state index in [0.29, 0.717) is 13.0 Å². The van der Waals surface area contributed by atoms with Crippen molar-refractivity contribution in [1.29, 1.82) is 0 Å². The number of fused-ring (bicyclic) bond motifs is 2. The molecule has 2 amide bonds. The highest BCUT2D eigenvalue weighted by Crippen LogP contribution is 2.55. The molecule has 1 aliphatic carbocycles. The van der Waals surface area contributed by atoms with Crippen LogP contribution in [0.4, 0.5) is 0 Å². The SMILES string of the molecule is O=C1OCCC=C[C@H]2O[C@]34C=CCN(C5CCCCC5)C(=O)C3N([C@H](CO)c3ccccc3)C(=O)[C@@H]4[C@@H]12. The fraction of sp³-hybridized carbons (Fsp3) is 0.552. The van der Waals surface area contributed by atoms with Gasteiger partial charge in [-0.1, -0.05) is 73.9 Å². The summed E-state index contributed by atoms with van der Waals surface area (Å²) >= 11 is 0. The number of esters is 1. The average molecular weight is 507 g/mol. The Balaban J connectivity index is 1.48. The standard InChI is InChI=1S/C29H34N2O6/c32-18-21(19-10-3-1-4-11-19)31-25-27(34)30(20-12-5-2-6-13-20)16-9-15-29(25)24(26(31)33)23-22(37-29)14-7-8-17-36-28(23)35/h1,3-4,7,9-11,14-15,20-25,32H,2,5-6,8,12-13,16-18H2/t21-,22-,23+,24+,25?,29+/m1/s1. The topological polar surface area (TPSA) is 96.4 Å². The summed E-state index contributed by atoms with van der Waals surface area (Å²) in [4.78, 5) is 45.5.